The molecular formula is C22H29N3O2S2. The van der Waals surface area contributed by atoms with Gasteiger partial charge in [0.15, 0.2) is 5.16 Å². The Balaban J connectivity index is 1.61. The number of carbonyl (C=O) groups excluding carboxylic acids is 1. The zero-order valence-corrected chi connectivity index (χ0v) is 18.7. The van der Waals surface area contributed by atoms with Gasteiger partial charge < -0.3 is 5.32 Å². The Labute approximate surface area is 180 Å². The summed E-state index contributed by atoms with van der Waals surface area (Å²) in [4.78, 5) is 33.0. The lowest BCUT2D eigenvalue weighted by atomic mass is 9.95. The Morgan fingerprint density at radius 1 is 1.31 bits per heavy atom. The number of hydrogen-bond donors (Lipinski definition) is 1. The van der Waals surface area contributed by atoms with Crippen LogP contribution < -0.4 is 10.9 Å². The molecule has 0 bridgehead atoms. The fourth-order valence-corrected chi connectivity index (χ4v) is 6.61. The summed E-state index contributed by atoms with van der Waals surface area (Å²) in [6.07, 6.45) is 11.8. The Morgan fingerprint density at radius 2 is 2.07 bits per heavy atom. The van der Waals surface area contributed by atoms with Gasteiger partial charge in [-0.15, -0.1) is 17.9 Å². The minimum atomic E-state index is -0.299. The average Bonchev–Trinajstić information content (AvgIpc) is 3.10. The first-order valence-electron chi connectivity index (χ1n) is 10.7. The van der Waals surface area contributed by atoms with Crippen molar-refractivity contribution < 1.29 is 4.79 Å². The Kier molecular flexibility index (Phi) is 6.44. The summed E-state index contributed by atoms with van der Waals surface area (Å²) in [7, 11) is 0. The predicted molar refractivity (Wildman–Crippen MR) is 121 cm³/mol. The zero-order chi connectivity index (χ0) is 20.4. The van der Waals surface area contributed by atoms with Crippen LogP contribution in [0.1, 0.15) is 62.3 Å². The number of amides is 1. The van der Waals surface area contributed by atoms with Crippen molar-refractivity contribution >= 4 is 39.2 Å². The van der Waals surface area contributed by atoms with Crippen molar-refractivity contribution in [2.24, 2.45) is 0 Å². The van der Waals surface area contributed by atoms with Gasteiger partial charge in [-0.2, -0.15) is 0 Å². The van der Waals surface area contributed by atoms with E-state index in [2.05, 4.69) is 11.9 Å². The molecule has 2 aromatic heterocycles. The summed E-state index contributed by atoms with van der Waals surface area (Å²) in [6, 6.07) is 0.286. The van der Waals surface area contributed by atoms with Crippen LogP contribution in [0.3, 0.4) is 0 Å². The Bertz CT molecular complexity index is 973. The number of nitrogens with one attached hydrogen (secondary N) is 1. The van der Waals surface area contributed by atoms with E-state index in [0.717, 1.165) is 42.3 Å². The molecule has 0 saturated heterocycles. The summed E-state index contributed by atoms with van der Waals surface area (Å²) in [5, 5.41) is 4.30. The highest BCUT2D eigenvalue weighted by Crippen LogP contribution is 2.35. The smallest absolute Gasteiger partial charge is 0.263 e. The fraction of sp³-hybridized carbons (Fsp3) is 0.591. The van der Waals surface area contributed by atoms with Gasteiger partial charge in [-0.3, -0.25) is 14.2 Å². The quantitative estimate of drug-likeness (QED) is 0.417. The SMILES string of the molecule is C=CCn1c(SC(C)C(=O)NC2CCCCC2)nc2sc3c(c2c1=O)CCCC3. The van der Waals surface area contributed by atoms with Gasteiger partial charge in [0.2, 0.25) is 5.91 Å². The molecule has 4 rings (SSSR count). The highest BCUT2D eigenvalue weighted by atomic mass is 32.2. The molecule has 1 N–H and O–H groups in total. The van der Waals surface area contributed by atoms with Crippen LogP contribution in [-0.2, 0) is 24.2 Å². The van der Waals surface area contributed by atoms with Crippen LogP contribution in [0.25, 0.3) is 10.2 Å². The molecule has 2 heterocycles. The van der Waals surface area contributed by atoms with Crippen molar-refractivity contribution in [2.75, 3.05) is 0 Å². The molecule has 0 aromatic carbocycles. The average molecular weight is 432 g/mol. The topological polar surface area (TPSA) is 64.0 Å². The van der Waals surface area contributed by atoms with Crippen LogP contribution >= 0.6 is 23.1 Å². The monoisotopic (exact) mass is 431 g/mol. The molecule has 1 amide bonds. The van der Waals surface area contributed by atoms with E-state index in [1.54, 1.807) is 22.0 Å². The standard InChI is InChI=1S/C22H29N3O2S2/c1-3-13-25-21(27)18-16-11-7-8-12-17(16)29-20(18)24-22(25)28-14(2)19(26)23-15-9-5-4-6-10-15/h3,14-15H,1,4-13H2,2H3,(H,23,26). The number of nitrogens with zero attached hydrogens (tertiary/aromatic N) is 2. The lowest BCUT2D eigenvalue weighted by Crippen LogP contribution is -2.40. The Hall–Kier alpha value is -1.60. The number of thioether (sulfide) groups is 1. The molecule has 2 aliphatic rings. The van der Waals surface area contributed by atoms with Gasteiger partial charge in [-0.05, 0) is 51.0 Å². The van der Waals surface area contributed by atoms with E-state index in [-0.39, 0.29) is 22.8 Å². The summed E-state index contributed by atoms with van der Waals surface area (Å²) < 4.78 is 1.69. The molecule has 156 valence electrons. The molecule has 0 radical (unpaired) electrons. The second-order valence-corrected chi connectivity index (χ2v) is 10.5. The van der Waals surface area contributed by atoms with Crippen molar-refractivity contribution in [3.8, 4) is 0 Å². The highest BCUT2D eigenvalue weighted by molar-refractivity contribution is 8.00. The van der Waals surface area contributed by atoms with Gasteiger partial charge in [0.25, 0.3) is 5.56 Å². The van der Waals surface area contributed by atoms with Crippen molar-refractivity contribution in [2.45, 2.75) is 87.7 Å². The number of aromatic nitrogens is 2. The van der Waals surface area contributed by atoms with Crippen LogP contribution in [0.4, 0.5) is 0 Å². The highest BCUT2D eigenvalue weighted by Gasteiger charge is 2.25. The van der Waals surface area contributed by atoms with Crippen LogP contribution in [0.5, 0.6) is 0 Å². The molecule has 7 heteroatoms. The third kappa shape index (κ3) is 4.31. The molecule has 1 fully saturated rings. The van der Waals surface area contributed by atoms with E-state index >= 15 is 0 Å². The second-order valence-electron chi connectivity index (χ2n) is 8.09. The molecule has 2 aliphatic carbocycles. The van der Waals surface area contributed by atoms with Gasteiger partial charge in [0.05, 0.1) is 10.6 Å². The fourth-order valence-electron chi connectivity index (χ4n) is 4.38. The van der Waals surface area contributed by atoms with Gasteiger partial charge in [0.1, 0.15) is 4.83 Å². The van der Waals surface area contributed by atoms with Crippen LogP contribution in [0.2, 0.25) is 0 Å². The molecule has 1 atom stereocenters. The van der Waals surface area contributed by atoms with Crippen LogP contribution in [-0.4, -0.2) is 26.8 Å². The number of aryl methyl sites for hydroxylation is 2. The van der Waals surface area contributed by atoms with E-state index in [9.17, 15) is 9.59 Å². The largest absolute Gasteiger partial charge is 0.352 e. The second kappa shape index (κ2) is 9.04. The minimum Gasteiger partial charge on any atom is -0.352 e. The number of rotatable bonds is 6. The molecule has 0 spiro atoms. The van der Waals surface area contributed by atoms with Crippen molar-refractivity contribution in [1.29, 1.82) is 0 Å². The lowest BCUT2D eigenvalue weighted by molar-refractivity contribution is -0.121. The maximum absolute atomic E-state index is 13.3. The number of hydrogen-bond acceptors (Lipinski definition) is 5. The van der Waals surface area contributed by atoms with Gasteiger partial charge in [-0.25, -0.2) is 4.98 Å². The molecule has 1 saturated carbocycles. The number of fused-ring (bicyclic) bond motifs is 3. The van der Waals surface area contributed by atoms with E-state index in [0.29, 0.717) is 11.7 Å². The minimum absolute atomic E-state index is 0.0108. The van der Waals surface area contributed by atoms with Gasteiger partial charge in [0, 0.05) is 17.5 Å². The molecular weight excluding hydrogens is 402 g/mol. The first-order valence-corrected chi connectivity index (χ1v) is 12.4. The lowest BCUT2D eigenvalue weighted by Gasteiger charge is -2.24. The summed E-state index contributed by atoms with van der Waals surface area (Å²) in [6.45, 7) is 6.12. The molecule has 29 heavy (non-hydrogen) atoms. The Morgan fingerprint density at radius 3 is 2.83 bits per heavy atom. The number of allylic oxidation sites excluding steroid dienone is 1. The molecule has 1 unspecified atom stereocenters. The van der Waals surface area contributed by atoms with Crippen LogP contribution in [0.15, 0.2) is 22.6 Å². The van der Waals surface area contributed by atoms with Crippen molar-refractivity contribution in [3.05, 3.63) is 33.4 Å². The van der Waals surface area contributed by atoms with Gasteiger partial charge >= 0.3 is 0 Å². The molecule has 0 aliphatic heterocycles. The van der Waals surface area contributed by atoms with Crippen molar-refractivity contribution in [3.63, 3.8) is 0 Å². The maximum atomic E-state index is 13.3. The number of carbonyl (C=O) groups is 1. The predicted octanol–water partition coefficient (Wildman–Crippen LogP) is 4.45. The van der Waals surface area contributed by atoms with Crippen molar-refractivity contribution in [1.82, 2.24) is 14.9 Å². The van der Waals surface area contributed by atoms with E-state index in [1.807, 2.05) is 6.92 Å². The van der Waals surface area contributed by atoms with Crippen LogP contribution in [0, 0.1) is 0 Å². The molecule has 5 nitrogen and oxygen atoms in total. The van der Waals surface area contributed by atoms with E-state index < -0.39 is 0 Å². The first kappa shape index (κ1) is 20.7. The van der Waals surface area contributed by atoms with E-state index in [1.165, 1.54) is 47.9 Å². The zero-order valence-electron chi connectivity index (χ0n) is 17.0. The first-order chi connectivity index (χ1) is 14.1. The summed E-state index contributed by atoms with van der Waals surface area (Å²) in [5.41, 5.74) is 1.21. The van der Waals surface area contributed by atoms with Gasteiger partial charge in [-0.1, -0.05) is 37.1 Å². The summed E-state index contributed by atoms with van der Waals surface area (Å²) in [5.74, 6) is 0.0341. The van der Waals surface area contributed by atoms with E-state index in [4.69, 9.17) is 4.98 Å². The third-order valence-electron chi connectivity index (χ3n) is 5.95. The number of thiophene rings is 1. The maximum Gasteiger partial charge on any atom is 0.263 e. The molecule has 2 aromatic rings. The normalized spacial score (nSPS) is 18.4. The summed E-state index contributed by atoms with van der Waals surface area (Å²) >= 11 is 3.04. The third-order valence-corrected chi connectivity index (χ3v) is 8.23.